The lowest BCUT2D eigenvalue weighted by molar-refractivity contribution is 0.224. The molecule has 21 heavy (non-hydrogen) atoms. The van der Waals surface area contributed by atoms with Crippen molar-refractivity contribution in [3.63, 3.8) is 0 Å². The van der Waals surface area contributed by atoms with E-state index in [-0.39, 0.29) is 24.7 Å². The Balaban J connectivity index is 1.83. The molecule has 1 aliphatic carbocycles. The van der Waals surface area contributed by atoms with Gasteiger partial charge in [0.05, 0.1) is 0 Å². The number of nitrogens with one attached hydrogen (secondary N) is 2. The van der Waals surface area contributed by atoms with Gasteiger partial charge in [-0.3, -0.25) is 0 Å². The minimum atomic E-state index is -0.110. The van der Waals surface area contributed by atoms with Crippen LogP contribution in [-0.2, 0) is 6.42 Å². The summed E-state index contributed by atoms with van der Waals surface area (Å²) in [6.45, 7) is 2.01. The highest BCUT2D eigenvalue weighted by atomic mass is 16.3. The molecule has 1 aromatic carbocycles. The molecule has 4 heteroatoms. The molecule has 0 heterocycles. The molecule has 2 rings (SSSR count). The largest absolute Gasteiger partial charge is 0.396 e. The van der Waals surface area contributed by atoms with Gasteiger partial charge in [-0.25, -0.2) is 4.79 Å². The zero-order chi connectivity index (χ0) is 15.1. The second-order valence-corrected chi connectivity index (χ2v) is 6.02. The maximum atomic E-state index is 12.0. The molecule has 1 aliphatic rings. The van der Waals surface area contributed by atoms with E-state index in [1.54, 1.807) is 0 Å². The van der Waals surface area contributed by atoms with Crippen LogP contribution in [0, 0.1) is 5.92 Å². The molecule has 1 fully saturated rings. The van der Waals surface area contributed by atoms with E-state index in [2.05, 4.69) is 34.9 Å². The summed E-state index contributed by atoms with van der Waals surface area (Å²) in [5.41, 5.74) is 1.34. The number of aliphatic hydroxyl groups is 1. The molecule has 3 atom stereocenters. The van der Waals surface area contributed by atoms with Gasteiger partial charge in [0.15, 0.2) is 0 Å². The van der Waals surface area contributed by atoms with Gasteiger partial charge in [-0.15, -0.1) is 0 Å². The second-order valence-electron chi connectivity index (χ2n) is 6.02. The summed E-state index contributed by atoms with van der Waals surface area (Å²) in [5, 5.41) is 14.9. The van der Waals surface area contributed by atoms with Crippen LogP contribution in [0.3, 0.4) is 0 Å². The molecule has 1 aromatic rings. The zero-order valence-corrected chi connectivity index (χ0v) is 12.7. The quantitative estimate of drug-likeness (QED) is 0.753. The second kappa shape index (κ2) is 8.03. The number of carbonyl (C=O) groups excluding carboxylic acids is 1. The summed E-state index contributed by atoms with van der Waals surface area (Å²) >= 11 is 0. The molecule has 0 aromatic heterocycles. The van der Waals surface area contributed by atoms with Crippen LogP contribution in [-0.4, -0.2) is 29.8 Å². The molecule has 2 unspecified atom stereocenters. The van der Waals surface area contributed by atoms with E-state index < -0.39 is 0 Å². The minimum absolute atomic E-state index is 0.00368. The third-order valence-corrected chi connectivity index (χ3v) is 4.26. The summed E-state index contributed by atoms with van der Waals surface area (Å²) in [4.78, 5) is 12.0. The van der Waals surface area contributed by atoms with Crippen LogP contribution >= 0.6 is 0 Å². The van der Waals surface area contributed by atoms with E-state index in [1.165, 1.54) is 18.4 Å². The van der Waals surface area contributed by atoms with Gasteiger partial charge in [-0.05, 0) is 44.1 Å². The Labute approximate surface area is 126 Å². The maximum absolute atomic E-state index is 12.0. The van der Waals surface area contributed by atoms with Gasteiger partial charge in [0, 0.05) is 18.7 Å². The Hall–Kier alpha value is -1.55. The van der Waals surface area contributed by atoms with Crippen molar-refractivity contribution in [2.45, 2.75) is 51.1 Å². The van der Waals surface area contributed by atoms with Crippen molar-refractivity contribution in [2.75, 3.05) is 6.61 Å². The van der Waals surface area contributed by atoms with Crippen LogP contribution in [0.4, 0.5) is 4.79 Å². The number of aliphatic hydroxyl groups excluding tert-OH is 1. The Kier molecular flexibility index (Phi) is 6.05. The zero-order valence-electron chi connectivity index (χ0n) is 12.7. The normalized spacial score (nSPS) is 22.8. The van der Waals surface area contributed by atoms with Gasteiger partial charge in [0.25, 0.3) is 0 Å². The fourth-order valence-corrected chi connectivity index (χ4v) is 3.09. The SMILES string of the molecule is C[C@H](CCO)NC(=O)NC1CCCC1Cc1ccccc1. The van der Waals surface area contributed by atoms with E-state index in [0.29, 0.717) is 12.3 Å². The molecular weight excluding hydrogens is 264 g/mol. The highest BCUT2D eigenvalue weighted by molar-refractivity contribution is 5.74. The Bertz CT molecular complexity index is 436. The first-order chi connectivity index (χ1) is 10.2. The standard InChI is InChI=1S/C17H26N2O2/c1-13(10-11-20)18-17(21)19-16-9-5-8-15(16)12-14-6-3-2-4-7-14/h2-4,6-7,13,15-16,20H,5,8-12H2,1H3,(H2,18,19,21)/t13-,15?,16?/m1/s1. The van der Waals surface area contributed by atoms with Crippen molar-refractivity contribution in [3.8, 4) is 0 Å². The number of rotatable bonds is 6. The van der Waals surface area contributed by atoms with Crippen molar-refractivity contribution in [3.05, 3.63) is 35.9 Å². The molecule has 0 aliphatic heterocycles. The van der Waals surface area contributed by atoms with Gasteiger partial charge in [-0.1, -0.05) is 36.8 Å². The van der Waals surface area contributed by atoms with Crippen LogP contribution in [0.2, 0.25) is 0 Å². The molecular formula is C17H26N2O2. The lowest BCUT2D eigenvalue weighted by Gasteiger charge is -2.22. The Morgan fingerprint density at radius 3 is 2.81 bits per heavy atom. The molecule has 116 valence electrons. The van der Waals surface area contributed by atoms with E-state index in [0.717, 1.165) is 12.8 Å². The van der Waals surface area contributed by atoms with E-state index in [4.69, 9.17) is 5.11 Å². The predicted octanol–water partition coefficient (Wildman–Crippen LogP) is 2.47. The molecule has 0 spiro atoms. The van der Waals surface area contributed by atoms with Crippen LogP contribution in [0.15, 0.2) is 30.3 Å². The van der Waals surface area contributed by atoms with Gasteiger partial charge in [-0.2, -0.15) is 0 Å². The number of benzene rings is 1. The van der Waals surface area contributed by atoms with Crippen molar-refractivity contribution in [2.24, 2.45) is 5.92 Å². The van der Waals surface area contributed by atoms with E-state index >= 15 is 0 Å². The number of amides is 2. The lowest BCUT2D eigenvalue weighted by Crippen LogP contribution is -2.47. The van der Waals surface area contributed by atoms with Crippen molar-refractivity contribution < 1.29 is 9.90 Å². The van der Waals surface area contributed by atoms with Crippen LogP contribution in [0.5, 0.6) is 0 Å². The molecule has 3 N–H and O–H groups in total. The fourth-order valence-electron chi connectivity index (χ4n) is 3.09. The third-order valence-electron chi connectivity index (χ3n) is 4.26. The van der Waals surface area contributed by atoms with Gasteiger partial charge in [0.2, 0.25) is 0 Å². The van der Waals surface area contributed by atoms with E-state index in [1.807, 2.05) is 13.0 Å². The third kappa shape index (κ3) is 5.05. The van der Waals surface area contributed by atoms with Gasteiger partial charge < -0.3 is 15.7 Å². The first-order valence-electron chi connectivity index (χ1n) is 7.91. The van der Waals surface area contributed by atoms with Gasteiger partial charge >= 0.3 is 6.03 Å². The number of carbonyl (C=O) groups is 1. The summed E-state index contributed by atoms with van der Waals surface area (Å²) in [6, 6.07) is 10.6. The van der Waals surface area contributed by atoms with Gasteiger partial charge in [0.1, 0.15) is 0 Å². The number of hydrogen-bond acceptors (Lipinski definition) is 2. The summed E-state index contributed by atoms with van der Waals surface area (Å²) in [6.07, 6.45) is 5.02. The first kappa shape index (κ1) is 15.8. The predicted molar refractivity (Wildman–Crippen MR) is 84.1 cm³/mol. The minimum Gasteiger partial charge on any atom is -0.396 e. The molecule has 0 radical (unpaired) electrons. The average molecular weight is 290 g/mol. The van der Waals surface area contributed by atoms with Crippen LogP contribution < -0.4 is 10.6 Å². The smallest absolute Gasteiger partial charge is 0.315 e. The van der Waals surface area contributed by atoms with Crippen molar-refractivity contribution in [1.82, 2.24) is 10.6 Å². The highest BCUT2D eigenvalue weighted by Crippen LogP contribution is 2.28. The maximum Gasteiger partial charge on any atom is 0.315 e. The molecule has 2 amide bonds. The topological polar surface area (TPSA) is 61.4 Å². The molecule has 0 saturated heterocycles. The summed E-state index contributed by atoms with van der Waals surface area (Å²) in [5.74, 6) is 0.520. The van der Waals surface area contributed by atoms with Crippen molar-refractivity contribution >= 4 is 6.03 Å². The number of urea groups is 1. The fraction of sp³-hybridized carbons (Fsp3) is 0.588. The van der Waals surface area contributed by atoms with Crippen molar-refractivity contribution in [1.29, 1.82) is 0 Å². The Morgan fingerprint density at radius 1 is 1.33 bits per heavy atom. The molecule has 1 saturated carbocycles. The summed E-state index contributed by atoms with van der Waals surface area (Å²) < 4.78 is 0. The summed E-state index contributed by atoms with van der Waals surface area (Å²) in [7, 11) is 0. The molecule has 0 bridgehead atoms. The van der Waals surface area contributed by atoms with E-state index in [9.17, 15) is 4.79 Å². The monoisotopic (exact) mass is 290 g/mol. The van der Waals surface area contributed by atoms with Crippen LogP contribution in [0.1, 0.15) is 38.2 Å². The highest BCUT2D eigenvalue weighted by Gasteiger charge is 2.28. The first-order valence-corrected chi connectivity index (χ1v) is 7.91. The molecule has 4 nitrogen and oxygen atoms in total. The Morgan fingerprint density at radius 2 is 2.10 bits per heavy atom. The number of hydrogen-bond donors (Lipinski definition) is 3. The van der Waals surface area contributed by atoms with Crippen LogP contribution in [0.25, 0.3) is 0 Å². The average Bonchev–Trinajstić information content (AvgIpc) is 2.87. The lowest BCUT2D eigenvalue weighted by atomic mass is 9.95.